The minimum Gasteiger partial charge on any atom is -0.326 e. The smallest absolute Gasteiger partial charge is 0.0200 e. The Morgan fingerprint density at radius 2 is 1.82 bits per heavy atom. The summed E-state index contributed by atoms with van der Waals surface area (Å²) < 4.78 is 0. The Kier molecular flexibility index (Phi) is 6.45. The van der Waals surface area contributed by atoms with Crippen molar-refractivity contribution >= 4 is 23.5 Å². The number of benzene rings is 1. The fraction of sp³-hybridized carbons (Fsp3) is 0.571. The van der Waals surface area contributed by atoms with Gasteiger partial charge in [0.05, 0.1) is 0 Å². The van der Waals surface area contributed by atoms with Crippen molar-refractivity contribution in [1.82, 2.24) is 0 Å². The quantitative estimate of drug-likeness (QED) is 0.775. The van der Waals surface area contributed by atoms with Crippen LogP contribution in [0.1, 0.15) is 33.3 Å². The highest BCUT2D eigenvalue weighted by atomic mass is 32.2. The lowest BCUT2D eigenvalue weighted by Gasteiger charge is -2.18. The number of hydrogen-bond donors (Lipinski definition) is 1. The monoisotopic (exact) mass is 269 g/mol. The van der Waals surface area contributed by atoms with Gasteiger partial charge in [-0.3, -0.25) is 0 Å². The maximum atomic E-state index is 5.91. The van der Waals surface area contributed by atoms with Gasteiger partial charge in [0.2, 0.25) is 0 Å². The third-order valence-corrected chi connectivity index (χ3v) is 5.38. The lowest BCUT2D eigenvalue weighted by atomic mass is 10.2. The topological polar surface area (TPSA) is 26.0 Å². The van der Waals surface area contributed by atoms with E-state index < -0.39 is 0 Å². The molecule has 1 aromatic rings. The van der Waals surface area contributed by atoms with Gasteiger partial charge in [0.25, 0.3) is 0 Å². The van der Waals surface area contributed by atoms with Crippen LogP contribution in [0.2, 0.25) is 0 Å². The Morgan fingerprint density at radius 1 is 1.18 bits per heavy atom. The van der Waals surface area contributed by atoms with E-state index in [0.717, 1.165) is 5.75 Å². The van der Waals surface area contributed by atoms with E-state index in [1.807, 2.05) is 23.5 Å². The van der Waals surface area contributed by atoms with Gasteiger partial charge in [0.1, 0.15) is 0 Å². The maximum absolute atomic E-state index is 5.91. The number of nitrogens with two attached hydrogens (primary N) is 1. The number of thioether (sulfide) groups is 2. The summed E-state index contributed by atoms with van der Waals surface area (Å²) in [5.74, 6) is 1.79. The first-order chi connectivity index (χ1) is 8.10. The van der Waals surface area contributed by atoms with Crippen LogP contribution in [0, 0.1) is 5.92 Å². The van der Waals surface area contributed by atoms with Crippen LogP contribution in [-0.4, -0.2) is 11.0 Å². The molecule has 3 heteroatoms. The van der Waals surface area contributed by atoms with Crippen LogP contribution in [0.3, 0.4) is 0 Å². The van der Waals surface area contributed by atoms with Crippen LogP contribution in [0.15, 0.2) is 28.0 Å². The van der Waals surface area contributed by atoms with Crippen LogP contribution in [-0.2, 0) is 6.54 Å². The molecule has 1 rings (SSSR count). The van der Waals surface area contributed by atoms with Gasteiger partial charge >= 0.3 is 0 Å². The van der Waals surface area contributed by atoms with Gasteiger partial charge < -0.3 is 5.73 Å². The van der Waals surface area contributed by atoms with E-state index in [1.165, 1.54) is 15.4 Å². The van der Waals surface area contributed by atoms with Gasteiger partial charge in [-0.05, 0) is 29.4 Å². The highest BCUT2D eigenvalue weighted by Gasteiger charge is 2.13. The lowest BCUT2D eigenvalue weighted by molar-refractivity contribution is 0.642. The van der Waals surface area contributed by atoms with Crippen LogP contribution in [0.4, 0.5) is 0 Å². The molecule has 17 heavy (non-hydrogen) atoms. The summed E-state index contributed by atoms with van der Waals surface area (Å²) in [4.78, 5) is 2.70. The molecule has 0 aliphatic rings. The summed E-state index contributed by atoms with van der Waals surface area (Å²) >= 11 is 3.83. The summed E-state index contributed by atoms with van der Waals surface area (Å²) in [6, 6.07) is 6.53. The molecule has 0 aliphatic carbocycles. The van der Waals surface area contributed by atoms with Crippen molar-refractivity contribution in [2.45, 2.75) is 49.3 Å². The van der Waals surface area contributed by atoms with Crippen molar-refractivity contribution in [2.75, 3.05) is 5.75 Å². The normalized spacial score (nSPS) is 13.1. The van der Waals surface area contributed by atoms with E-state index >= 15 is 0 Å². The van der Waals surface area contributed by atoms with Crippen molar-refractivity contribution in [3.63, 3.8) is 0 Å². The Hall–Kier alpha value is -0.120. The molecule has 0 radical (unpaired) electrons. The largest absolute Gasteiger partial charge is 0.326 e. The molecule has 1 atom stereocenters. The molecule has 96 valence electrons. The van der Waals surface area contributed by atoms with E-state index in [-0.39, 0.29) is 0 Å². The summed E-state index contributed by atoms with van der Waals surface area (Å²) in [5.41, 5.74) is 7.22. The van der Waals surface area contributed by atoms with Crippen molar-refractivity contribution in [3.05, 3.63) is 23.8 Å². The average Bonchev–Trinajstić information content (AvgIpc) is 2.29. The summed E-state index contributed by atoms with van der Waals surface area (Å²) in [7, 11) is 0. The molecular formula is C14H23NS2. The molecule has 0 saturated heterocycles. The second kappa shape index (κ2) is 7.34. The first-order valence-electron chi connectivity index (χ1n) is 6.21. The second-order valence-corrected chi connectivity index (χ2v) is 7.16. The third-order valence-electron chi connectivity index (χ3n) is 2.85. The second-order valence-electron chi connectivity index (χ2n) is 4.44. The van der Waals surface area contributed by atoms with E-state index in [4.69, 9.17) is 5.73 Å². The van der Waals surface area contributed by atoms with Crippen molar-refractivity contribution in [1.29, 1.82) is 0 Å². The highest BCUT2D eigenvalue weighted by molar-refractivity contribution is 8.00. The molecule has 0 fully saturated rings. The molecule has 2 N–H and O–H groups in total. The first kappa shape index (κ1) is 14.9. The predicted octanol–water partition coefficient (Wildman–Crippen LogP) is 4.39. The molecule has 0 heterocycles. The minimum atomic E-state index is 0.627. The zero-order chi connectivity index (χ0) is 12.8. The summed E-state index contributed by atoms with van der Waals surface area (Å²) in [5, 5.41) is 0.627. The summed E-state index contributed by atoms with van der Waals surface area (Å²) in [6.45, 7) is 9.64. The third kappa shape index (κ3) is 4.23. The number of rotatable bonds is 6. The first-order valence-corrected chi connectivity index (χ1v) is 8.08. The molecule has 0 amide bonds. The van der Waals surface area contributed by atoms with Crippen LogP contribution in [0.5, 0.6) is 0 Å². The molecular weight excluding hydrogens is 246 g/mol. The predicted molar refractivity (Wildman–Crippen MR) is 80.9 cm³/mol. The van der Waals surface area contributed by atoms with Crippen molar-refractivity contribution in [3.8, 4) is 0 Å². The SMILES string of the molecule is CCSc1cccc(SC(C)C(C)C)c1CN. The molecule has 1 nitrogen and oxygen atoms in total. The molecule has 1 aromatic carbocycles. The molecule has 0 saturated carbocycles. The number of hydrogen-bond acceptors (Lipinski definition) is 3. The Morgan fingerprint density at radius 3 is 2.35 bits per heavy atom. The molecule has 0 aromatic heterocycles. The molecule has 1 unspecified atom stereocenters. The van der Waals surface area contributed by atoms with E-state index in [0.29, 0.717) is 17.7 Å². The van der Waals surface area contributed by atoms with E-state index in [1.54, 1.807) is 0 Å². The van der Waals surface area contributed by atoms with Gasteiger partial charge in [-0.15, -0.1) is 23.5 Å². The maximum Gasteiger partial charge on any atom is 0.0200 e. The van der Waals surface area contributed by atoms with Gasteiger partial charge in [-0.2, -0.15) is 0 Å². The van der Waals surface area contributed by atoms with Gasteiger partial charge in [-0.25, -0.2) is 0 Å². The van der Waals surface area contributed by atoms with Crippen LogP contribution < -0.4 is 5.73 Å². The standard InChI is InChI=1S/C14H23NS2/c1-5-16-13-7-6-8-14(12(13)9-15)17-11(4)10(2)3/h6-8,10-11H,5,9,15H2,1-4H3. The van der Waals surface area contributed by atoms with Crippen LogP contribution in [0.25, 0.3) is 0 Å². The van der Waals surface area contributed by atoms with E-state index in [2.05, 4.69) is 45.9 Å². The van der Waals surface area contributed by atoms with Crippen molar-refractivity contribution in [2.24, 2.45) is 11.7 Å². The Balaban J connectivity index is 2.94. The Labute approximate surface area is 114 Å². The highest BCUT2D eigenvalue weighted by Crippen LogP contribution is 2.35. The fourth-order valence-corrected chi connectivity index (χ4v) is 3.57. The Bertz CT molecular complexity index is 350. The molecule has 0 spiro atoms. The molecule has 0 aliphatic heterocycles. The molecule has 0 bridgehead atoms. The summed E-state index contributed by atoms with van der Waals surface area (Å²) in [6.07, 6.45) is 0. The van der Waals surface area contributed by atoms with Crippen molar-refractivity contribution < 1.29 is 0 Å². The fourth-order valence-electron chi connectivity index (χ4n) is 1.48. The zero-order valence-electron chi connectivity index (χ0n) is 11.2. The van der Waals surface area contributed by atoms with Gasteiger partial charge in [-0.1, -0.05) is 33.8 Å². The average molecular weight is 269 g/mol. The van der Waals surface area contributed by atoms with Gasteiger partial charge in [0, 0.05) is 21.6 Å². The lowest BCUT2D eigenvalue weighted by Crippen LogP contribution is -2.08. The zero-order valence-corrected chi connectivity index (χ0v) is 12.8. The van der Waals surface area contributed by atoms with E-state index in [9.17, 15) is 0 Å². The minimum absolute atomic E-state index is 0.627. The van der Waals surface area contributed by atoms with Crippen LogP contribution >= 0.6 is 23.5 Å². The van der Waals surface area contributed by atoms with Gasteiger partial charge in [0.15, 0.2) is 0 Å².